The van der Waals surface area contributed by atoms with E-state index in [1.807, 2.05) is 6.20 Å². The average molecular weight is 328 g/mol. The highest BCUT2D eigenvalue weighted by molar-refractivity contribution is 9.10. The van der Waals surface area contributed by atoms with Crippen LogP contribution in [0.15, 0.2) is 10.7 Å². The Morgan fingerprint density at radius 1 is 1.37 bits per heavy atom. The molecule has 4 heteroatoms. The van der Waals surface area contributed by atoms with Crippen molar-refractivity contribution in [3.63, 3.8) is 0 Å². The van der Waals surface area contributed by atoms with Crippen molar-refractivity contribution in [2.75, 3.05) is 0 Å². The number of hydrogen-bond acceptors (Lipinski definition) is 2. The molecule has 0 aliphatic heterocycles. The molecule has 3 unspecified atom stereocenters. The molecule has 108 valence electrons. The molecular formula is C15H26BrN3. The number of nitrogens with zero attached hydrogens (tertiary/aromatic N) is 2. The van der Waals surface area contributed by atoms with Crippen molar-refractivity contribution in [3.8, 4) is 0 Å². The van der Waals surface area contributed by atoms with Crippen LogP contribution in [0.4, 0.5) is 0 Å². The molecule has 1 heterocycles. The predicted molar refractivity (Wildman–Crippen MR) is 83.2 cm³/mol. The van der Waals surface area contributed by atoms with E-state index in [1.54, 1.807) is 0 Å². The minimum atomic E-state index is 0.289. The second kappa shape index (κ2) is 6.89. The zero-order valence-electron chi connectivity index (χ0n) is 12.1. The summed E-state index contributed by atoms with van der Waals surface area (Å²) in [5.41, 5.74) is 7.73. The van der Waals surface area contributed by atoms with Crippen molar-refractivity contribution in [2.45, 2.75) is 70.9 Å². The van der Waals surface area contributed by atoms with Crippen molar-refractivity contribution in [1.29, 1.82) is 0 Å². The molecule has 0 aromatic carbocycles. The van der Waals surface area contributed by atoms with Gasteiger partial charge >= 0.3 is 0 Å². The summed E-state index contributed by atoms with van der Waals surface area (Å²) in [6.07, 6.45) is 9.33. The van der Waals surface area contributed by atoms with Crippen LogP contribution < -0.4 is 5.73 Å². The third kappa shape index (κ3) is 3.40. The number of aromatic nitrogens is 2. The lowest BCUT2D eigenvalue weighted by molar-refractivity contribution is 0.264. The molecule has 0 bridgehead atoms. The van der Waals surface area contributed by atoms with E-state index < -0.39 is 0 Å². The van der Waals surface area contributed by atoms with E-state index in [1.165, 1.54) is 31.4 Å². The molecule has 1 aliphatic carbocycles. The number of hydrogen-bond donors (Lipinski definition) is 1. The van der Waals surface area contributed by atoms with Crippen LogP contribution in [0, 0.1) is 5.92 Å². The SMILES string of the molecule is CCCC1CCC(N)C(c2c(Br)cnn2CCC)C1. The molecule has 2 N–H and O–H groups in total. The molecule has 0 amide bonds. The second-order valence-electron chi connectivity index (χ2n) is 5.84. The zero-order valence-corrected chi connectivity index (χ0v) is 13.7. The standard InChI is InChI=1S/C15H26BrN3/c1-3-5-11-6-7-14(17)12(9-11)15-13(16)10-18-19(15)8-4-2/h10-12,14H,3-9,17H2,1-2H3. The molecule has 0 saturated heterocycles. The Labute approximate surface area is 125 Å². The smallest absolute Gasteiger partial charge is 0.0635 e. The molecule has 19 heavy (non-hydrogen) atoms. The first-order valence-electron chi connectivity index (χ1n) is 7.64. The minimum Gasteiger partial charge on any atom is -0.327 e. The van der Waals surface area contributed by atoms with Crippen molar-refractivity contribution >= 4 is 15.9 Å². The molecule has 1 fully saturated rings. The van der Waals surface area contributed by atoms with E-state index in [-0.39, 0.29) is 6.04 Å². The molecule has 0 spiro atoms. The lowest BCUT2D eigenvalue weighted by Gasteiger charge is -2.34. The summed E-state index contributed by atoms with van der Waals surface area (Å²) in [5.74, 6) is 1.31. The van der Waals surface area contributed by atoms with Gasteiger partial charge in [-0.3, -0.25) is 4.68 Å². The fourth-order valence-electron chi connectivity index (χ4n) is 3.40. The molecule has 1 saturated carbocycles. The van der Waals surface area contributed by atoms with Gasteiger partial charge in [-0.2, -0.15) is 5.10 Å². The molecule has 2 rings (SSSR count). The quantitative estimate of drug-likeness (QED) is 0.885. The summed E-state index contributed by atoms with van der Waals surface area (Å²) in [6.45, 7) is 5.46. The summed E-state index contributed by atoms with van der Waals surface area (Å²) in [7, 11) is 0. The molecule has 1 aromatic rings. The van der Waals surface area contributed by atoms with E-state index in [0.717, 1.165) is 29.8 Å². The van der Waals surface area contributed by atoms with Crippen LogP contribution in [-0.4, -0.2) is 15.8 Å². The van der Waals surface area contributed by atoms with Gasteiger partial charge in [0, 0.05) is 18.5 Å². The highest BCUT2D eigenvalue weighted by atomic mass is 79.9. The van der Waals surface area contributed by atoms with E-state index in [4.69, 9.17) is 5.73 Å². The molecule has 3 atom stereocenters. The van der Waals surface area contributed by atoms with E-state index in [9.17, 15) is 0 Å². The van der Waals surface area contributed by atoms with Crippen molar-refractivity contribution in [1.82, 2.24) is 9.78 Å². The fraction of sp³-hybridized carbons (Fsp3) is 0.800. The van der Waals surface area contributed by atoms with Gasteiger partial charge in [-0.15, -0.1) is 0 Å². The summed E-state index contributed by atoms with van der Waals surface area (Å²) in [4.78, 5) is 0. The first-order chi connectivity index (χ1) is 9.17. The van der Waals surface area contributed by atoms with Crippen LogP contribution in [0.3, 0.4) is 0 Å². The van der Waals surface area contributed by atoms with E-state index in [0.29, 0.717) is 5.92 Å². The van der Waals surface area contributed by atoms with E-state index >= 15 is 0 Å². The average Bonchev–Trinajstić information content (AvgIpc) is 2.74. The summed E-state index contributed by atoms with van der Waals surface area (Å²) < 4.78 is 3.29. The lowest BCUT2D eigenvalue weighted by Crippen LogP contribution is -2.36. The third-order valence-electron chi connectivity index (χ3n) is 4.33. The predicted octanol–water partition coefficient (Wildman–Crippen LogP) is 4.07. The van der Waals surface area contributed by atoms with Crippen LogP contribution in [0.5, 0.6) is 0 Å². The number of halogens is 1. The summed E-state index contributed by atoms with van der Waals surface area (Å²) in [6, 6.07) is 0.289. The number of aryl methyl sites for hydroxylation is 1. The number of rotatable bonds is 5. The van der Waals surface area contributed by atoms with Gasteiger partial charge in [0.25, 0.3) is 0 Å². The van der Waals surface area contributed by atoms with Gasteiger partial charge in [0.15, 0.2) is 0 Å². The highest BCUT2D eigenvalue weighted by Crippen LogP contribution is 2.40. The zero-order chi connectivity index (χ0) is 13.8. The molecule has 3 nitrogen and oxygen atoms in total. The van der Waals surface area contributed by atoms with Crippen LogP contribution in [0.1, 0.15) is 64.0 Å². The Kier molecular flexibility index (Phi) is 5.46. The number of nitrogens with two attached hydrogens (primary N) is 1. The largest absolute Gasteiger partial charge is 0.327 e. The maximum atomic E-state index is 6.40. The van der Waals surface area contributed by atoms with Gasteiger partial charge in [-0.25, -0.2) is 0 Å². The Morgan fingerprint density at radius 3 is 2.84 bits per heavy atom. The maximum absolute atomic E-state index is 6.40. The van der Waals surface area contributed by atoms with Crippen LogP contribution in [-0.2, 0) is 6.54 Å². The van der Waals surface area contributed by atoms with Gasteiger partial charge in [-0.1, -0.05) is 26.7 Å². The summed E-state index contributed by atoms with van der Waals surface area (Å²) in [5, 5.41) is 4.50. The summed E-state index contributed by atoms with van der Waals surface area (Å²) >= 11 is 3.67. The van der Waals surface area contributed by atoms with Gasteiger partial charge in [0.05, 0.1) is 16.4 Å². The first-order valence-corrected chi connectivity index (χ1v) is 8.43. The van der Waals surface area contributed by atoms with Gasteiger partial charge in [0.1, 0.15) is 0 Å². The lowest BCUT2D eigenvalue weighted by atomic mass is 9.75. The molecule has 1 aliphatic rings. The normalized spacial score (nSPS) is 27.7. The fourth-order valence-corrected chi connectivity index (χ4v) is 3.99. The highest BCUT2D eigenvalue weighted by Gasteiger charge is 2.32. The van der Waals surface area contributed by atoms with Crippen molar-refractivity contribution in [3.05, 3.63) is 16.4 Å². The molecule has 1 aromatic heterocycles. The van der Waals surface area contributed by atoms with Crippen LogP contribution in [0.2, 0.25) is 0 Å². The third-order valence-corrected chi connectivity index (χ3v) is 4.94. The van der Waals surface area contributed by atoms with Gasteiger partial charge in [0.2, 0.25) is 0 Å². The van der Waals surface area contributed by atoms with Gasteiger partial charge in [-0.05, 0) is 47.5 Å². The van der Waals surface area contributed by atoms with Crippen molar-refractivity contribution in [2.24, 2.45) is 11.7 Å². The monoisotopic (exact) mass is 327 g/mol. The minimum absolute atomic E-state index is 0.289. The second-order valence-corrected chi connectivity index (χ2v) is 6.69. The topological polar surface area (TPSA) is 43.8 Å². The Bertz CT molecular complexity index is 402. The Morgan fingerprint density at radius 2 is 2.16 bits per heavy atom. The molecule has 0 radical (unpaired) electrons. The molecular weight excluding hydrogens is 302 g/mol. The van der Waals surface area contributed by atoms with Gasteiger partial charge < -0.3 is 5.73 Å². The van der Waals surface area contributed by atoms with E-state index in [2.05, 4.69) is 39.6 Å². The van der Waals surface area contributed by atoms with Crippen LogP contribution in [0.25, 0.3) is 0 Å². The first kappa shape index (κ1) is 15.0. The maximum Gasteiger partial charge on any atom is 0.0635 e. The van der Waals surface area contributed by atoms with Crippen LogP contribution >= 0.6 is 15.9 Å². The Balaban J connectivity index is 2.20. The van der Waals surface area contributed by atoms with Crippen molar-refractivity contribution < 1.29 is 0 Å². The Hall–Kier alpha value is -0.350.